The van der Waals surface area contributed by atoms with E-state index in [1.54, 1.807) is 6.92 Å². The second-order valence-corrected chi connectivity index (χ2v) is 4.84. The van der Waals surface area contributed by atoms with Crippen molar-refractivity contribution in [3.63, 3.8) is 0 Å². The van der Waals surface area contributed by atoms with Gasteiger partial charge in [-0.2, -0.15) is 0 Å². The summed E-state index contributed by atoms with van der Waals surface area (Å²) in [6.45, 7) is 3.84. The zero-order valence-corrected chi connectivity index (χ0v) is 10.7. The molecule has 1 fully saturated rings. The van der Waals surface area contributed by atoms with Gasteiger partial charge >= 0.3 is 11.9 Å². The minimum atomic E-state index is -1.31. The summed E-state index contributed by atoms with van der Waals surface area (Å²) in [5.74, 6) is -0.964. The third-order valence-corrected chi connectivity index (χ3v) is 3.43. The third kappa shape index (κ3) is 3.45. The molecule has 0 bridgehead atoms. The van der Waals surface area contributed by atoms with Crippen LogP contribution in [0.15, 0.2) is 0 Å². The first-order chi connectivity index (χ1) is 8.06. The van der Waals surface area contributed by atoms with Crippen LogP contribution in [0.3, 0.4) is 0 Å². The summed E-state index contributed by atoms with van der Waals surface area (Å²) in [6.07, 6.45) is 4.63. The maximum Gasteiger partial charge on any atom is 0.323 e. The van der Waals surface area contributed by atoms with Gasteiger partial charge in [0.1, 0.15) is 0 Å². The van der Waals surface area contributed by atoms with Crippen LogP contribution in [-0.4, -0.2) is 23.7 Å². The van der Waals surface area contributed by atoms with Crippen LogP contribution in [0.4, 0.5) is 0 Å². The molecule has 1 aliphatic carbocycles. The van der Waals surface area contributed by atoms with Crippen LogP contribution in [0.5, 0.6) is 0 Å². The molecule has 0 heterocycles. The minimum absolute atomic E-state index is 0.237. The summed E-state index contributed by atoms with van der Waals surface area (Å²) in [6, 6.07) is 0. The average Bonchev–Trinajstić information content (AvgIpc) is 3.07. The van der Waals surface area contributed by atoms with Gasteiger partial charge in [0.05, 0.1) is 6.61 Å². The first-order valence-electron chi connectivity index (χ1n) is 6.47. The van der Waals surface area contributed by atoms with E-state index in [0.717, 1.165) is 6.42 Å². The number of carboxylic acids is 1. The zero-order chi connectivity index (χ0) is 12.9. The first-order valence-corrected chi connectivity index (χ1v) is 6.47. The number of carbonyl (C=O) groups excluding carboxylic acids is 1. The Bertz CT molecular complexity index is 283. The summed E-state index contributed by atoms with van der Waals surface area (Å²) < 4.78 is 4.95. The molecule has 1 aliphatic rings. The van der Waals surface area contributed by atoms with Crippen molar-refractivity contribution >= 4 is 11.9 Å². The van der Waals surface area contributed by atoms with E-state index in [2.05, 4.69) is 0 Å². The molecule has 0 amide bonds. The molecular weight excluding hydrogens is 220 g/mol. The lowest BCUT2D eigenvalue weighted by atomic mass is 9.78. The monoisotopic (exact) mass is 242 g/mol. The van der Waals surface area contributed by atoms with Crippen molar-refractivity contribution in [1.82, 2.24) is 0 Å². The minimum Gasteiger partial charge on any atom is -0.480 e. The van der Waals surface area contributed by atoms with Crippen molar-refractivity contribution in [2.45, 2.75) is 52.4 Å². The van der Waals surface area contributed by atoms with E-state index in [9.17, 15) is 14.7 Å². The summed E-state index contributed by atoms with van der Waals surface area (Å²) in [5, 5.41) is 9.38. The molecule has 1 unspecified atom stereocenters. The van der Waals surface area contributed by atoms with Crippen molar-refractivity contribution < 1.29 is 19.4 Å². The van der Waals surface area contributed by atoms with Crippen LogP contribution in [0.25, 0.3) is 0 Å². The predicted octanol–water partition coefficient (Wildman–Crippen LogP) is 2.61. The van der Waals surface area contributed by atoms with Crippen LogP contribution in [0, 0.1) is 11.3 Å². The van der Waals surface area contributed by atoms with E-state index in [1.165, 1.54) is 12.8 Å². The number of aliphatic carboxylic acids is 1. The molecule has 17 heavy (non-hydrogen) atoms. The summed E-state index contributed by atoms with van der Waals surface area (Å²) in [4.78, 5) is 23.4. The number of carboxylic acid groups (broad SMARTS) is 1. The highest BCUT2D eigenvalue weighted by molar-refractivity contribution is 5.99. The Labute approximate surface area is 102 Å². The highest BCUT2D eigenvalue weighted by Gasteiger charge is 2.47. The Morgan fingerprint density at radius 3 is 2.35 bits per heavy atom. The van der Waals surface area contributed by atoms with Crippen molar-refractivity contribution in [3.8, 4) is 0 Å². The molecule has 1 atom stereocenters. The summed E-state index contributed by atoms with van der Waals surface area (Å²) in [7, 11) is 0. The van der Waals surface area contributed by atoms with Crippen LogP contribution >= 0.6 is 0 Å². The molecule has 0 aromatic carbocycles. The molecule has 98 valence electrons. The van der Waals surface area contributed by atoms with Gasteiger partial charge in [-0.05, 0) is 32.1 Å². The predicted molar refractivity (Wildman–Crippen MR) is 63.6 cm³/mol. The maximum absolute atomic E-state index is 11.9. The van der Waals surface area contributed by atoms with E-state index >= 15 is 0 Å². The Kier molecular flexibility index (Phi) is 4.97. The topological polar surface area (TPSA) is 63.6 Å². The Hall–Kier alpha value is -1.06. The van der Waals surface area contributed by atoms with E-state index in [4.69, 9.17) is 4.74 Å². The van der Waals surface area contributed by atoms with Crippen LogP contribution in [0.2, 0.25) is 0 Å². The van der Waals surface area contributed by atoms with Gasteiger partial charge in [-0.1, -0.05) is 26.2 Å². The molecule has 0 aromatic rings. The summed E-state index contributed by atoms with van der Waals surface area (Å²) in [5.41, 5.74) is -1.31. The molecule has 0 spiro atoms. The fourth-order valence-electron chi connectivity index (χ4n) is 2.18. The Morgan fingerprint density at radius 2 is 1.94 bits per heavy atom. The molecule has 0 radical (unpaired) electrons. The molecule has 0 aliphatic heterocycles. The average molecular weight is 242 g/mol. The molecular formula is C13H22O4. The maximum atomic E-state index is 11.9. The molecule has 0 aromatic heterocycles. The van der Waals surface area contributed by atoms with Crippen molar-refractivity contribution in [1.29, 1.82) is 0 Å². The molecule has 4 nitrogen and oxygen atoms in total. The van der Waals surface area contributed by atoms with E-state index in [1.807, 2.05) is 6.92 Å². The first kappa shape index (κ1) is 14.0. The van der Waals surface area contributed by atoms with Gasteiger partial charge in [0.25, 0.3) is 0 Å². The Morgan fingerprint density at radius 1 is 1.29 bits per heavy atom. The Balaban J connectivity index is 2.76. The molecule has 0 saturated heterocycles. The van der Waals surface area contributed by atoms with E-state index in [-0.39, 0.29) is 6.61 Å². The lowest BCUT2D eigenvalue weighted by Gasteiger charge is -2.26. The van der Waals surface area contributed by atoms with Gasteiger partial charge in [-0.15, -0.1) is 0 Å². The number of ether oxygens (including phenoxy) is 1. The normalized spacial score (nSPS) is 18.5. The number of carbonyl (C=O) groups is 2. The van der Waals surface area contributed by atoms with Crippen LogP contribution in [-0.2, 0) is 14.3 Å². The van der Waals surface area contributed by atoms with Gasteiger partial charge in [0, 0.05) is 0 Å². The molecule has 1 rings (SSSR count). The lowest BCUT2D eigenvalue weighted by molar-refractivity contribution is -0.170. The van der Waals surface area contributed by atoms with Crippen molar-refractivity contribution in [2.75, 3.05) is 6.61 Å². The van der Waals surface area contributed by atoms with Gasteiger partial charge < -0.3 is 9.84 Å². The van der Waals surface area contributed by atoms with Gasteiger partial charge in [-0.3, -0.25) is 9.59 Å². The highest BCUT2D eigenvalue weighted by atomic mass is 16.5. The zero-order valence-electron chi connectivity index (χ0n) is 10.7. The van der Waals surface area contributed by atoms with Gasteiger partial charge in [-0.25, -0.2) is 0 Å². The molecule has 1 saturated carbocycles. The second-order valence-electron chi connectivity index (χ2n) is 4.84. The van der Waals surface area contributed by atoms with Crippen molar-refractivity contribution in [3.05, 3.63) is 0 Å². The summed E-state index contributed by atoms with van der Waals surface area (Å²) >= 11 is 0. The van der Waals surface area contributed by atoms with E-state index < -0.39 is 17.4 Å². The number of esters is 1. The van der Waals surface area contributed by atoms with Gasteiger partial charge in [0.2, 0.25) is 0 Å². The van der Waals surface area contributed by atoms with Crippen LogP contribution in [0.1, 0.15) is 52.4 Å². The second kappa shape index (κ2) is 6.03. The standard InChI is InChI=1S/C13H22O4/c1-3-8-13(11(14)15,12(16)17-4-2)9-7-10-5-6-10/h10H,3-9H2,1-2H3,(H,14,15). The quantitative estimate of drug-likeness (QED) is 0.525. The smallest absolute Gasteiger partial charge is 0.323 e. The molecule has 4 heteroatoms. The largest absolute Gasteiger partial charge is 0.480 e. The SMILES string of the molecule is CCCC(CCC1CC1)(C(=O)O)C(=O)OCC. The van der Waals surface area contributed by atoms with Gasteiger partial charge in [0.15, 0.2) is 5.41 Å². The lowest BCUT2D eigenvalue weighted by Crippen LogP contribution is -2.41. The number of hydrogen-bond acceptors (Lipinski definition) is 3. The third-order valence-electron chi connectivity index (χ3n) is 3.43. The fourth-order valence-corrected chi connectivity index (χ4v) is 2.18. The number of hydrogen-bond donors (Lipinski definition) is 1. The fraction of sp³-hybridized carbons (Fsp3) is 0.846. The molecule has 1 N–H and O–H groups in total. The van der Waals surface area contributed by atoms with E-state index in [0.29, 0.717) is 25.2 Å². The van der Waals surface area contributed by atoms with Crippen LogP contribution < -0.4 is 0 Å². The highest BCUT2D eigenvalue weighted by Crippen LogP contribution is 2.40. The van der Waals surface area contributed by atoms with Crippen molar-refractivity contribution in [2.24, 2.45) is 11.3 Å². The number of rotatable bonds is 8.